The summed E-state index contributed by atoms with van der Waals surface area (Å²) in [6, 6.07) is -2.03. The third-order valence-electron chi connectivity index (χ3n) is 5.34. The molecule has 0 spiro atoms. The average molecular weight is 465 g/mol. The van der Waals surface area contributed by atoms with Gasteiger partial charge in [0.1, 0.15) is 17.8 Å². The van der Waals surface area contributed by atoms with Gasteiger partial charge in [0.25, 0.3) is 0 Å². The van der Waals surface area contributed by atoms with E-state index in [4.69, 9.17) is 5.73 Å². The molecule has 9 heteroatoms. The zero-order chi connectivity index (χ0) is 25.7. The van der Waals surface area contributed by atoms with E-state index in [0.717, 1.165) is 5.57 Å². The van der Waals surface area contributed by atoms with Crippen LogP contribution >= 0.6 is 0 Å². The standard InChI is InChI=1S/C24H40N4O5/c1-8-15(4)21(24(33)26-17(6)13-16(5)22(25)31)28-23(32)20(27-18(7)29)12-14(3)10-11-19(30)9-2/h9-11,15-17,20-21,30H,2,8,12-13H2,1,3-7H3,(H2,25,31)(H,26,33)(H,27,29)(H,28,32)/b14-10+,19-11+. The molecule has 0 aromatic rings. The summed E-state index contributed by atoms with van der Waals surface area (Å²) in [6.45, 7) is 13.7. The highest BCUT2D eigenvalue weighted by atomic mass is 16.3. The number of hydrogen-bond acceptors (Lipinski definition) is 5. The zero-order valence-corrected chi connectivity index (χ0v) is 20.6. The van der Waals surface area contributed by atoms with Crippen LogP contribution in [0.4, 0.5) is 0 Å². The fourth-order valence-corrected chi connectivity index (χ4v) is 3.13. The van der Waals surface area contributed by atoms with Gasteiger partial charge >= 0.3 is 0 Å². The van der Waals surface area contributed by atoms with Gasteiger partial charge in [-0.15, -0.1) is 0 Å². The first kappa shape index (κ1) is 29.9. The van der Waals surface area contributed by atoms with Crippen LogP contribution in [0.25, 0.3) is 0 Å². The van der Waals surface area contributed by atoms with Gasteiger partial charge in [0.2, 0.25) is 23.6 Å². The molecular weight excluding hydrogens is 424 g/mol. The third-order valence-corrected chi connectivity index (χ3v) is 5.34. The minimum atomic E-state index is -0.898. The second-order valence-corrected chi connectivity index (χ2v) is 8.59. The molecule has 0 aliphatic carbocycles. The smallest absolute Gasteiger partial charge is 0.243 e. The lowest BCUT2D eigenvalue weighted by molar-refractivity contribution is -0.133. The number of carbonyl (C=O) groups excluding carboxylic acids is 4. The van der Waals surface area contributed by atoms with Crippen molar-refractivity contribution < 1.29 is 24.3 Å². The lowest BCUT2D eigenvalue weighted by Gasteiger charge is -2.28. The molecule has 186 valence electrons. The number of primary amides is 1. The van der Waals surface area contributed by atoms with Gasteiger partial charge in [-0.2, -0.15) is 0 Å². The maximum absolute atomic E-state index is 13.0. The Bertz CT molecular complexity index is 775. The molecule has 0 saturated carbocycles. The Morgan fingerprint density at radius 1 is 1.00 bits per heavy atom. The van der Waals surface area contributed by atoms with Crippen molar-refractivity contribution in [2.75, 3.05) is 0 Å². The van der Waals surface area contributed by atoms with Crippen LogP contribution in [0.2, 0.25) is 0 Å². The Morgan fingerprint density at radius 3 is 2.09 bits per heavy atom. The van der Waals surface area contributed by atoms with E-state index in [1.54, 1.807) is 26.8 Å². The van der Waals surface area contributed by atoms with Crippen LogP contribution in [0.1, 0.15) is 60.8 Å². The van der Waals surface area contributed by atoms with Crippen molar-refractivity contribution in [2.24, 2.45) is 17.6 Å². The van der Waals surface area contributed by atoms with Gasteiger partial charge in [-0.25, -0.2) is 0 Å². The predicted molar refractivity (Wildman–Crippen MR) is 129 cm³/mol. The van der Waals surface area contributed by atoms with Gasteiger partial charge < -0.3 is 26.8 Å². The fraction of sp³-hybridized carbons (Fsp3) is 0.583. The Morgan fingerprint density at radius 2 is 1.61 bits per heavy atom. The summed E-state index contributed by atoms with van der Waals surface area (Å²) in [5.41, 5.74) is 6.03. The maximum Gasteiger partial charge on any atom is 0.243 e. The number of carbonyl (C=O) groups is 4. The summed E-state index contributed by atoms with van der Waals surface area (Å²) in [5, 5.41) is 17.7. The van der Waals surface area contributed by atoms with E-state index in [1.165, 1.54) is 19.1 Å². The Kier molecular flexibility index (Phi) is 13.5. The number of aliphatic hydroxyl groups excluding tert-OH is 1. The number of rotatable bonds is 14. The molecule has 0 radical (unpaired) electrons. The van der Waals surface area contributed by atoms with E-state index in [1.807, 2.05) is 13.8 Å². The van der Waals surface area contributed by atoms with Crippen molar-refractivity contribution in [1.82, 2.24) is 16.0 Å². The van der Waals surface area contributed by atoms with Crippen molar-refractivity contribution in [2.45, 2.75) is 78.9 Å². The molecule has 0 aromatic carbocycles. The van der Waals surface area contributed by atoms with Crippen molar-refractivity contribution in [1.29, 1.82) is 0 Å². The highest BCUT2D eigenvalue weighted by molar-refractivity contribution is 5.92. The van der Waals surface area contributed by atoms with Crippen LogP contribution in [0.15, 0.2) is 36.1 Å². The van der Waals surface area contributed by atoms with Crippen molar-refractivity contribution in [3.8, 4) is 0 Å². The molecule has 0 fully saturated rings. The minimum Gasteiger partial charge on any atom is -0.508 e. The number of amides is 4. The Labute approximate surface area is 196 Å². The van der Waals surface area contributed by atoms with Gasteiger partial charge in [0.15, 0.2) is 0 Å². The van der Waals surface area contributed by atoms with Crippen molar-refractivity contribution in [3.05, 3.63) is 36.1 Å². The highest BCUT2D eigenvalue weighted by Gasteiger charge is 2.30. The van der Waals surface area contributed by atoms with Gasteiger partial charge in [-0.05, 0) is 44.8 Å². The van der Waals surface area contributed by atoms with Crippen LogP contribution < -0.4 is 21.7 Å². The van der Waals surface area contributed by atoms with Gasteiger partial charge in [-0.3, -0.25) is 19.2 Å². The second-order valence-electron chi connectivity index (χ2n) is 8.59. The maximum atomic E-state index is 13.0. The van der Waals surface area contributed by atoms with Crippen LogP contribution in [0, 0.1) is 11.8 Å². The van der Waals surface area contributed by atoms with Gasteiger partial charge in [0.05, 0.1) is 0 Å². The van der Waals surface area contributed by atoms with Gasteiger partial charge in [0, 0.05) is 18.9 Å². The highest BCUT2D eigenvalue weighted by Crippen LogP contribution is 2.12. The van der Waals surface area contributed by atoms with E-state index in [-0.39, 0.29) is 36.0 Å². The first-order chi connectivity index (χ1) is 15.3. The molecular formula is C24H40N4O5. The number of aliphatic hydroxyl groups is 1. The SMILES string of the molecule is C=C/C(O)=C\C=C(/C)CC(NC(C)=O)C(=O)NC(C(=O)NC(C)CC(C)C(N)=O)C(C)CC. The number of nitrogens with one attached hydrogen (secondary N) is 3. The quantitative estimate of drug-likeness (QED) is 0.197. The van der Waals surface area contributed by atoms with E-state index in [9.17, 15) is 24.3 Å². The van der Waals surface area contributed by atoms with E-state index < -0.39 is 29.8 Å². The molecule has 9 nitrogen and oxygen atoms in total. The molecule has 0 aromatic heterocycles. The van der Waals surface area contributed by atoms with E-state index in [0.29, 0.717) is 12.8 Å². The van der Waals surface area contributed by atoms with Crippen molar-refractivity contribution in [3.63, 3.8) is 0 Å². The molecule has 5 atom stereocenters. The average Bonchev–Trinajstić information content (AvgIpc) is 2.73. The number of allylic oxidation sites excluding steroid dienone is 3. The fourth-order valence-electron chi connectivity index (χ4n) is 3.13. The molecule has 6 N–H and O–H groups in total. The van der Waals surface area contributed by atoms with E-state index >= 15 is 0 Å². The lowest BCUT2D eigenvalue weighted by Crippen LogP contribution is -2.56. The monoisotopic (exact) mass is 464 g/mol. The summed E-state index contributed by atoms with van der Waals surface area (Å²) in [7, 11) is 0. The first-order valence-electron chi connectivity index (χ1n) is 11.2. The van der Waals surface area contributed by atoms with Crippen LogP contribution in [-0.2, 0) is 19.2 Å². The Balaban J connectivity index is 5.50. The second kappa shape index (κ2) is 14.9. The summed E-state index contributed by atoms with van der Waals surface area (Å²) >= 11 is 0. The minimum absolute atomic E-state index is 0.0249. The number of nitrogens with two attached hydrogens (primary N) is 1. The number of hydrogen-bond donors (Lipinski definition) is 5. The molecule has 0 aliphatic rings. The molecule has 0 bridgehead atoms. The van der Waals surface area contributed by atoms with Crippen molar-refractivity contribution >= 4 is 23.6 Å². The first-order valence-corrected chi connectivity index (χ1v) is 11.2. The topological polar surface area (TPSA) is 151 Å². The molecule has 4 amide bonds. The molecule has 0 heterocycles. The van der Waals surface area contributed by atoms with E-state index in [2.05, 4.69) is 22.5 Å². The molecule has 0 rings (SSSR count). The zero-order valence-electron chi connectivity index (χ0n) is 20.6. The third kappa shape index (κ3) is 11.9. The summed E-state index contributed by atoms with van der Waals surface area (Å²) in [6.07, 6.45) is 5.55. The van der Waals surface area contributed by atoms with Gasteiger partial charge in [-0.1, -0.05) is 45.4 Å². The largest absolute Gasteiger partial charge is 0.508 e. The normalized spacial score (nSPS) is 16.5. The summed E-state index contributed by atoms with van der Waals surface area (Å²) in [5.74, 6) is -2.28. The predicted octanol–water partition coefficient (Wildman–Crippen LogP) is 2.00. The summed E-state index contributed by atoms with van der Waals surface area (Å²) < 4.78 is 0. The molecule has 33 heavy (non-hydrogen) atoms. The molecule has 0 saturated heterocycles. The van der Waals surface area contributed by atoms with Crippen LogP contribution in [-0.4, -0.2) is 46.9 Å². The van der Waals surface area contributed by atoms with Crippen LogP contribution in [0.5, 0.6) is 0 Å². The lowest BCUT2D eigenvalue weighted by atomic mass is 9.96. The Hall–Kier alpha value is -3.10. The van der Waals surface area contributed by atoms with Crippen LogP contribution in [0.3, 0.4) is 0 Å². The molecule has 5 unspecified atom stereocenters. The summed E-state index contributed by atoms with van der Waals surface area (Å²) in [4.78, 5) is 48.9. The molecule has 0 aliphatic heterocycles.